The van der Waals surface area contributed by atoms with Crippen molar-refractivity contribution in [3.8, 4) is 0 Å². The molecule has 3 aliphatic rings. The predicted molar refractivity (Wildman–Crippen MR) is 366 cm³/mol. The molecule has 532 valence electrons. The fraction of sp³-hybridized carbons (Fsp3) is 0.708. The van der Waals surface area contributed by atoms with Crippen molar-refractivity contribution < 1.29 is 71.1 Å². The number of unbranched alkanes of at least 4 members (excludes halogenated alkanes) is 3. The van der Waals surface area contributed by atoms with E-state index in [0.717, 1.165) is 28.6 Å². The van der Waals surface area contributed by atoms with Crippen LogP contribution in [0.1, 0.15) is 146 Å². The van der Waals surface area contributed by atoms with Crippen LogP contribution in [0.5, 0.6) is 0 Å². The quantitative estimate of drug-likeness (QED) is 0.0618. The number of benzene rings is 1. The minimum absolute atomic E-state index is 0.0130. The summed E-state index contributed by atoms with van der Waals surface area (Å²) in [5, 5.41) is 25.2. The third kappa shape index (κ3) is 23.2. The fourth-order valence-electron chi connectivity index (χ4n) is 10.6. The number of hydrogen-bond acceptors (Lipinski definition) is 16. The molecule has 0 radical (unpaired) electrons. The van der Waals surface area contributed by atoms with Gasteiger partial charge in [0.2, 0.25) is 53.2 Å². The third-order valence-electron chi connectivity index (χ3n) is 18.6. The Morgan fingerprint density at radius 2 is 1.34 bits per heavy atom. The van der Waals surface area contributed by atoms with Gasteiger partial charge in [0.25, 0.3) is 0 Å². The molecular weight excluding hydrogens is 1280 g/mol. The first-order valence-electron chi connectivity index (χ1n) is 33.2. The number of nitrogens with zero attached hydrogens (tertiary/aromatic N) is 1. The fourth-order valence-corrected chi connectivity index (χ4v) is 14.1. The molecule has 4 heterocycles. The molecule has 12 N–H and O–H groups in total. The number of hydrogen-bond donors (Lipinski definition) is 11. The molecule has 1 fully saturated rings. The summed E-state index contributed by atoms with van der Waals surface area (Å²) < 4.78 is 25.4. The van der Waals surface area contributed by atoms with Gasteiger partial charge in [0, 0.05) is 54.9 Å². The van der Waals surface area contributed by atoms with Crippen molar-refractivity contribution in [2.45, 2.75) is 243 Å². The molecule has 0 spiro atoms. The number of alkyl carbamates (subject to hydrolysis) is 2. The van der Waals surface area contributed by atoms with Crippen molar-refractivity contribution in [3.05, 3.63) is 29.3 Å². The number of aryl methyl sites for hydroxylation is 1. The lowest BCUT2D eigenvalue weighted by Gasteiger charge is -2.44. The maximum absolute atomic E-state index is 16.0. The first kappa shape index (κ1) is 78.9. The number of nitrogens with two attached hydrogens (primary N) is 1. The van der Waals surface area contributed by atoms with Gasteiger partial charge in [0.05, 0.1) is 37.4 Å². The van der Waals surface area contributed by atoms with Crippen LogP contribution in [0.3, 0.4) is 0 Å². The number of amides is 11. The SMILES string of the molecule is CC[C@H](C)[C@@H]1NC(=O)CNC(=O)[C@@H]2Cc3c([nH]c4cc(C)ccc34)SC[C@H](NC(=O)CNC1=O)C(=O)N[C@@H](CCC(N)=O)C(=O)N1C[C@H](OC(=O)NCCCCCCNC(=O)OC(C)(C)C)CC1C(=O)N[C@@H]([C@@H](C)C(CO[Si](C)(C)C(C)(C)C)O[Si](C)(C)C(C)(C)C)C(=O)N2. The predicted octanol–water partition coefficient (Wildman–Crippen LogP) is 4.94. The Hall–Kier alpha value is -6.77. The molecule has 10 atom stereocenters. The molecule has 2 bridgehead atoms. The average Bonchev–Trinajstić information content (AvgIpc) is 1.73. The second-order valence-corrected chi connectivity index (χ2v) is 40.1. The number of rotatable bonds is 20. The minimum atomic E-state index is -2.79. The Balaban J connectivity index is 1.69. The van der Waals surface area contributed by atoms with E-state index in [1.807, 2.05) is 25.1 Å². The Labute approximate surface area is 566 Å². The molecule has 2 unspecified atom stereocenters. The van der Waals surface area contributed by atoms with Crippen molar-refractivity contribution in [3.63, 3.8) is 0 Å². The van der Waals surface area contributed by atoms with Gasteiger partial charge in [-0.1, -0.05) is 93.7 Å². The lowest BCUT2D eigenvalue weighted by atomic mass is 9.93. The van der Waals surface area contributed by atoms with Gasteiger partial charge in [0.15, 0.2) is 16.6 Å². The van der Waals surface area contributed by atoms with E-state index in [1.165, 1.54) is 0 Å². The number of fused-ring (bicyclic) bond motifs is 5. The first-order chi connectivity index (χ1) is 44.1. The number of carbonyl (C=O) groups is 11. The number of H-pyrrole nitrogens is 1. The molecule has 30 heteroatoms. The van der Waals surface area contributed by atoms with Crippen LogP contribution in [-0.4, -0.2) is 191 Å². The van der Waals surface area contributed by atoms with E-state index < -0.39 is 180 Å². The molecule has 0 aliphatic carbocycles. The molecule has 95 heavy (non-hydrogen) atoms. The van der Waals surface area contributed by atoms with Crippen LogP contribution in [0.2, 0.25) is 36.3 Å². The van der Waals surface area contributed by atoms with Crippen LogP contribution in [-0.2, 0) is 67.9 Å². The van der Waals surface area contributed by atoms with E-state index >= 15 is 24.0 Å². The summed E-state index contributed by atoms with van der Waals surface area (Å²) in [6, 6.07) is -3.33. The van der Waals surface area contributed by atoms with Crippen molar-refractivity contribution >= 4 is 105 Å². The van der Waals surface area contributed by atoms with E-state index in [1.54, 1.807) is 41.5 Å². The molecule has 27 nitrogen and oxygen atoms in total. The summed E-state index contributed by atoms with van der Waals surface area (Å²) in [7, 11) is -5.36. The molecule has 1 aromatic carbocycles. The van der Waals surface area contributed by atoms with Gasteiger partial charge in [-0.2, -0.15) is 0 Å². The molecule has 11 amide bonds. The Kier molecular flexibility index (Phi) is 28.2. The largest absolute Gasteiger partial charge is 0.444 e. The van der Waals surface area contributed by atoms with Gasteiger partial charge in [0.1, 0.15) is 48.0 Å². The highest BCUT2D eigenvalue weighted by Crippen LogP contribution is 2.41. The number of primary amides is 1. The molecule has 5 rings (SSSR count). The summed E-state index contributed by atoms with van der Waals surface area (Å²) in [5.74, 6) is -9.20. The number of aromatic amines is 1. The Bertz CT molecular complexity index is 3090. The standard InChI is InChI=1S/C65H108N12O15SSi2/c1-18-38(3)52-57(84)70-32-50(79)71-46-36-93-59-42(41-24-23-37(2)29-44(41)74-59)31-45(54(81)69-33-51(80)75-52)73-58(85)53(39(4)48(92-95(16,17)65(11,12)13)35-89-94(14,15)64(8,9)10)76-56(83)47-30-40(34-77(47)60(86)43(72-55(46)82)25-26-49(66)78)90-61(87)67-27-21-19-20-22-28-68-62(88)91-63(5,6)7/h23-24,29,38-40,43,45-48,52-53,74H,18-22,25-28,30-36H2,1-17H3,(H2,66,78)(H,67,87)(H,68,88)(H,69,81)(H,70,84)(H,71,79)(H,72,82)(H,73,85)(H,75,80)(H,76,83)/t38-,39-,40+,43-,45-,46-,47?,48?,52-,53-/m0/s1. The van der Waals surface area contributed by atoms with Crippen molar-refractivity contribution in [1.29, 1.82) is 0 Å². The van der Waals surface area contributed by atoms with Crippen LogP contribution in [0.25, 0.3) is 10.9 Å². The van der Waals surface area contributed by atoms with E-state index in [-0.39, 0.29) is 41.8 Å². The Morgan fingerprint density at radius 1 is 0.726 bits per heavy atom. The van der Waals surface area contributed by atoms with Crippen LogP contribution < -0.4 is 53.6 Å². The zero-order valence-electron chi connectivity index (χ0n) is 58.9. The molecule has 2 aromatic rings. The van der Waals surface area contributed by atoms with Gasteiger partial charge < -0.3 is 81.8 Å². The first-order valence-corrected chi connectivity index (χ1v) is 40.0. The maximum atomic E-state index is 16.0. The molecule has 0 saturated carbocycles. The highest BCUT2D eigenvalue weighted by molar-refractivity contribution is 7.99. The van der Waals surface area contributed by atoms with Crippen molar-refractivity contribution in [2.24, 2.45) is 17.6 Å². The molecule has 1 aromatic heterocycles. The van der Waals surface area contributed by atoms with Crippen LogP contribution in [0.15, 0.2) is 23.2 Å². The zero-order chi connectivity index (χ0) is 71.1. The monoisotopic (exact) mass is 1380 g/mol. The summed E-state index contributed by atoms with van der Waals surface area (Å²) in [6.45, 7) is 32.1. The lowest BCUT2D eigenvalue weighted by Crippen LogP contribution is -2.62. The van der Waals surface area contributed by atoms with E-state index in [2.05, 4.69) is 121 Å². The highest BCUT2D eigenvalue weighted by Gasteiger charge is 2.49. The van der Waals surface area contributed by atoms with Gasteiger partial charge in [-0.25, -0.2) is 9.59 Å². The number of carbonyl (C=O) groups excluding carboxylic acids is 11. The smallest absolute Gasteiger partial charge is 0.407 e. The third-order valence-corrected chi connectivity index (χ3v) is 28.7. The van der Waals surface area contributed by atoms with Crippen LogP contribution in [0.4, 0.5) is 9.59 Å². The molecule has 3 aliphatic heterocycles. The number of nitrogens with one attached hydrogen (secondary N) is 10. The lowest BCUT2D eigenvalue weighted by molar-refractivity contribution is -0.143. The zero-order valence-corrected chi connectivity index (χ0v) is 61.7. The molecular formula is C65H108N12O15SSi2. The van der Waals surface area contributed by atoms with Crippen molar-refractivity contribution in [2.75, 3.05) is 45.1 Å². The van der Waals surface area contributed by atoms with Gasteiger partial charge in [-0.15, -0.1) is 11.8 Å². The number of ether oxygens (including phenoxy) is 2. The molecule has 1 saturated heterocycles. The van der Waals surface area contributed by atoms with Gasteiger partial charge in [-0.05, 0) is 106 Å². The average molecular weight is 1390 g/mol. The highest BCUT2D eigenvalue weighted by atomic mass is 32.2. The van der Waals surface area contributed by atoms with Crippen LogP contribution >= 0.6 is 11.8 Å². The summed E-state index contributed by atoms with van der Waals surface area (Å²) in [5.41, 5.74) is 7.05. The van der Waals surface area contributed by atoms with Crippen LogP contribution in [0, 0.1) is 18.8 Å². The number of aromatic nitrogens is 1. The normalized spacial score (nSPS) is 23.0. The van der Waals surface area contributed by atoms with Crippen molar-refractivity contribution in [1.82, 2.24) is 57.7 Å². The van der Waals surface area contributed by atoms with Gasteiger partial charge in [-0.3, -0.25) is 43.2 Å². The number of thioether (sulfide) groups is 1. The summed E-state index contributed by atoms with van der Waals surface area (Å²) in [6.07, 6.45) is -1.80. The second-order valence-electron chi connectivity index (χ2n) is 29.5. The second kappa shape index (κ2) is 33.9. The Morgan fingerprint density at radius 3 is 1.94 bits per heavy atom. The van der Waals surface area contributed by atoms with E-state index in [4.69, 9.17) is 24.1 Å². The van der Waals surface area contributed by atoms with E-state index in [0.29, 0.717) is 53.7 Å². The topological polar surface area (TPSA) is 378 Å². The summed E-state index contributed by atoms with van der Waals surface area (Å²) >= 11 is 1.08. The summed E-state index contributed by atoms with van der Waals surface area (Å²) in [4.78, 5) is 162. The van der Waals surface area contributed by atoms with E-state index in [9.17, 15) is 28.8 Å². The maximum Gasteiger partial charge on any atom is 0.407 e. The van der Waals surface area contributed by atoms with Gasteiger partial charge >= 0.3 is 12.2 Å². The minimum Gasteiger partial charge on any atom is -0.444 e.